The highest BCUT2D eigenvalue weighted by Gasteiger charge is 2.17. The van der Waals surface area contributed by atoms with Gasteiger partial charge in [-0.05, 0) is 39.7 Å². The number of rotatable bonds is 4. The van der Waals surface area contributed by atoms with Crippen LogP contribution in [0.15, 0.2) is 39.7 Å². The molecule has 17 heavy (non-hydrogen) atoms. The summed E-state index contributed by atoms with van der Waals surface area (Å²) in [5.74, 6) is 6.92. The number of nitrogens with two attached hydrogens (primary N) is 1. The van der Waals surface area contributed by atoms with Gasteiger partial charge in [-0.1, -0.05) is 0 Å². The zero-order valence-corrected chi connectivity index (χ0v) is 10.8. The lowest BCUT2D eigenvalue weighted by atomic mass is 10.1. The summed E-state index contributed by atoms with van der Waals surface area (Å²) in [5.41, 5.74) is 3.56. The molecule has 90 valence electrons. The average molecular weight is 298 g/mol. The van der Waals surface area contributed by atoms with E-state index in [1.54, 1.807) is 19.5 Å². The maximum absolute atomic E-state index is 5.54. The third kappa shape index (κ3) is 2.66. The molecule has 2 aromatic rings. The van der Waals surface area contributed by atoms with Crippen molar-refractivity contribution in [3.63, 3.8) is 0 Å². The van der Waals surface area contributed by atoms with Crippen molar-refractivity contribution in [3.8, 4) is 5.75 Å². The SMILES string of the molecule is COc1cncc(C(NN)c2ccc(Br)o2)c1. The molecular weight excluding hydrogens is 286 g/mol. The number of nitrogens with one attached hydrogen (secondary N) is 1. The number of hydrogen-bond acceptors (Lipinski definition) is 5. The smallest absolute Gasteiger partial charge is 0.169 e. The summed E-state index contributed by atoms with van der Waals surface area (Å²) in [4.78, 5) is 4.08. The predicted octanol–water partition coefficient (Wildman–Crippen LogP) is 2.00. The van der Waals surface area contributed by atoms with Crippen LogP contribution in [0.1, 0.15) is 17.4 Å². The second-order valence-electron chi connectivity index (χ2n) is 3.40. The third-order valence-electron chi connectivity index (χ3n) is 2.35. The summed E-state index contributed by atoms with van der Waals surface area (Å²) in [6.07, 6.45) is 3.35. The Morgan fingerprint density at radius 2 is 2.29 bits per heavy atom. The summed E-state index contributed by atoms with van der Waals surface area (Å²) in [6, 6.07) is 5.25. The molecule has 0 aliphatic carbocycles. The number of nitrogens with zero attached hydrogens (tertiary/aromatic N) is 1. The Hall–Kier alpha value is -1.37. The van der Waals surface area contributed by atoms with Crippen molar-refractivity contribution >= 4 is 15.9 Å². The number of ether oxygens (including phenoxy) is 1. The van der Waals surface area contributed by atoms with E-state index in [0.717, 1.165) is 5.56 Å². The van der Waals surface area contributed by atoms with Gasteiger partial charge in [0.25, 0.3) is 0 Å². The normalized spacial score (nSPS) is 12.4. The van der Waals surface area contributed by atoms with Crippen LogP contribution in [0.5, 0.6) is 5.75 Å². The lowest BCUT2D eigenvalue weighted by molar-refractivity contribution is 0.408. The van der Waals surface area contributed by atoms with Gasteiger partial charge in [-0.2, -0.15) is 0 Å². The summed E-state index contributed by atoms with van der Waals surface area (Å²) < 4.78 is 11.2. The molecule has 0 aliphatic heterocycles. The van der Waals surface area contributed by atoms with Gasteiger partial charge in [0, 0.05) is 6.20 Å². The van der Waals surface area contributed by atoms with Crippen molar-refractivity contribution in [2.45, 2.75) is 6.04 Å². The number of hydrogen-bond donors (Lipinski definition) is 2. The van der Waals surface area contributed by atoms with Crippen molar-refractivity contribution in [1.29, 1.82) is 0 Å². The Morgan fingerprint density at radius 3 is 2.88 bits per heavy atom. The standard InChI is InChI=1S/C11H12BrN3O2/c1-16-8-4-7(5-14-6-8)11(15-13)9-2-3-10(12)17-9/h2-6,11,15H,13H2,1H3. The Bertz CT molecular complexity index is 501. The highest BCUT2D eigenvalue weighted by atomic mass is 79.9. The number of hydrazine groups is 1. The van der Waals surface area contributed by atoms with Crippen molar-refractivity contribution in [3.05, 3.63) is 46.6 Å². The van der Waals surface area contributed by atoms with Crippen LogP contribution in [0.2, 0.25) is 0 Å². The molecule has 2 aromatic heterocycles. The Labute approximate surface area is 107 Å². The molecule has 5 nitrogen and oxygen atoms in total. The van der Waals surface area contributed by atoms with Crippen LogP contribution >= 0.6 is 15.9 Å². The minimum Gasteiger partial charge on any atom is -0.495 e. The third-order valence-corrected chi connectivity index (χ3v) is 2.77. The highest BCUT2D eigenvalue weighted by Crippen LogP contribution is 2.26. The first-order valence-corrected chi connectivity index (χ1v) is 5.74. The summed E-state index contributed by atoms with van der Waals surface area (Å²) >= 11 is 3.25. The minimum absolute atomic E-state index is 0.260. The van der Waals surface area contributed by atoms with Gasteiger partial charge in [0.15, 0.2) is 4.67 Å². The molecule has 0 spiro atoms. The van der Waals surface area contributed by atoms with Crippen molar-refractivity contribution in [2.75, 3.05) is 7.11 Å². The molecule has 0 bridgehead atoms. The fourth-order valence-corrected chi connectivity index (χ4v) is 1.85. The Balaban J connectivity index is 2.34. The van der Waals surface area contributed by atoms with E-state index < -0.39 is 0 Å². The van der Waals surface area contributed by atoms with Crippen LogP contribution in [-0.2, 0) is 0 Å². The van der Waals surface area contributed by atoms with E-state index in [-0.39, 0.29) is 6.04 Å². The summed E-state index contributed by atoms with van der Waals surface area (Å²) in [7, 11) is 1.59. The van der Waals surface area contributed by atoms with E-state index in [2.05, 4.69) is 26.3 Å². The van der Waals surface area contributed by atoms with Crippen LogP contribution in [0.3, 0.4) is 0 Å². The molecule has 0 fully saturated rings. The van der Waals surface area contributed by atoms with Gasteiger partial charge in [0.05, 0.1) is 13.3 Å². The number of furan rings is 1. The molecule has 2 heterocycles. The van der Waals surface area contributed by atoms with E-state index >= 15 is 0 Å². The Morgan fingerprint density at radius 1 is 1.47 bits per heavy atom. The van der Waals surface area contributed by atoms with Crippen LogP contribution in [0.25, 0.3) is 0 Å². The first kappa shape index (κ1) is 12.1. The van der Waals surface area contributed by atoms with E-state index in [4.69, 9.17) is 15.0 Å². The molecular formula is C11H12BrN3O2. The second kappa shape index (κ2) is 5.31. The van der Waals surface area contributed by atoms with Gasteiger partial charge in [-0.3, -0.25) is 10.8 Å². The molecule has 0 aromatic carbocycles. The quantitative estimate of drug-likeness (QED) is 0.667. The van der Waals surface area contributed by atoms with E-state index in [9.17, 15) is 0 Å². The molecule has 3 N–H and O–H groups in total. The lowest BCUT2D eigenvalue weighted by Crippen LogP contribution is -2.28. The van der Waals surface area contributed by atoms with Gasteiger partial charge in [0.1, 0.15) is 17.6 Å². The molecule has 6 heteroatoms. The van der Waals surface area contributed by atoms with Gasteiger partial charge in [0.2, 0.25) is 0 Å². The van der Waals surface area contributed by atoms with Gasteiger partial charge >= 0.3 is 0 Å². The molecule has 1 unspecified atom stereocenters. The number of pyridine rings is 1. The zero-order chi connectivity index (χ0) is 12.3. The molecule has 0 aliphatic rings. The first-order valence-electron chi connectivity index (χ1n) is 4.95. The van der Waals surface area contributed by atoms with Gasteiger partial charge < -0.3 is 9.15 Å². The molecule has 0 saturated heterocycles. The van der Waals surface area contributed by atoms with E-state index in [0.29, 0.717) is 16.2 Å². The lowest BCUT2D eigenvalue weighted by Gasteiger charge is -2.13. The molecule has 0 amide bonds. The summed E-state index contributed by atoms with van der Waals surface area (Å²) in [6.45, 7) is 0. The maximum Gasteiger partial charge on any atom is 0.169 e. The molecule has 1 atom stereocenters. The first-order chi connectivity index (χ1) is 8.24. The Kier molecular flexibility index (Phi) is 3.78. The number of methoxy groups -OCH3 is 1. The monoisotopic (exact) mass is 297 g/mol. The van der Waals surface area contributed by atoms with Crippen LogP contribution in [0.4, 0.5) is 0 Å². The van der Waals surface area contributed by atoms with Crippen LogP contribution in [-0.4, -0.2) is 12.1 Å². The maximum atomic E-state index is 5.54. The van der Waals surface area contributed by atoms with Crippen molar-refractivity contribution < 1.29 is 9.15 Å². The second-order valence-corrected chi connectivity index (χ2v) is 4.18. The van der Waals surface area contributed by atoms with Crippen LogP contribution < -0.4 is 16.0 Å². The highest BCUT2D eigenvalue weighted by molar-refractivity contribution is 9.10. The van der Waals surface area contributed by atoms with Crippen molar-refractivity contribution in [2.24, 2.45) is 5.84 Å². The van der Waals surface area contributed by atoms with Crippen LogP contribution in [0, 0.1) is 0 Å². The van der Waals surface area contributed by atoms with Gasteiger partial charge in [-0.25, -0.2) is 5.43 Å². The predicted molar refractivity (Wildman–Crippen MR) is 66.4 cm³/mol. The fraction of sp³-hybridized carbons (Fsp3) is 0.182. The molecule has 2 rings (SSSR count). The van der Waals surface area contributed by atoms with E-state index in [1.807, 2.05) is 18.2 Å². The largest absolute Gasteiger partial charge is 0.495 e. The van der Waals surface area contributed by atoms with Crippen molar-refractivity contribution in [1.82, 2.24) is 10.4 Å². The molecule has 0 saturated carbocycles. The molecule has 0 radical (unpaired) electrons. The topological polar surface area (TPSA) is 73.3 Å². The number of aromatic nitrogens is 1. The van der Waals surface area contributed by atoms with Gasteiger partial charge in [-0.15, -0.1) is 0 Å². The minimum atomic E-state index is -0.260. The van der Waals surface area contributed by atoms with E-state index in [1.165, 1.54) is 0 Å². The number of halogens is 1. The average Bonchev–Trinajstić information content (AvgIpc) is 2.77. The fourth-order valence-electron chi connectivity index (χ4n) is 1.53. The summed E-state index contributed by atoms with van der Waals surface area (Å²) in [5, 5.41) is 0. The zero-order valence-electron chi connectivity index (χ0n) is 9.18.